The van der Waals surface area contributed by atoms with Crippen molar-refractivity contribution in [2.24, 2.45) is 11.7 Å². The van der Waals surface area contributed by atoms with E-state index in [1.807, 2.05) is 17.0 Å². The average molecular weight is 307 g/mol. The van der Waals surface area contributed by atoms with Crippen molar-refractivity contribution in [1.29, 1.82) is 0 Å². The second-order valence-electron chi connectivity index (χ2n) is 5.43. The summed E-state index contributed by atoms with van der Waals surface area (Å²) in [5.41, 5.74) is 7.73. The van der Waals surface area contributed by atoms with E-state index < -0.39 is 11.7 Å². The highest BCUT2D eigenvalue weighted by Gasteiger charge is 2.31. The zero-order chi connectivity index (χ0) is 15.7. The predicted octanol–water partition coefficient (Wildman–Crippen LogP) is 3.37. The van der Waals surface area contributed by atoms with E-state index >= 15 is 0 Å². The molecule has 1 aliphatic rings. The molecule has 0 amide bonds. The lowest BCUT2D eigenvalue weighted by molar-refractivity contribution is -0.137. The number of pyridine rings is 1. The largest absolute Gasteiger partial charge is 0.416 e. The van der Waals surface area contributed by atoms with E-state index in [0.29, 0.717) is 13.1 Å². The van der Waals surface area contributed by atoms with E-state index in [2.05, 4.69) is 4.98 Å². The lowest BCUT2D eigenvalue weighted by atomic mass is 9.95. The van der Waals surface area contributed by atoms with Crippen molar-refractivity contribution in [2.45, 2.75) is 12.6 Å². The highest BCUT2D eigenvalue weighted by molar-refractivity contribution is 5.66. The number of alkyl halides is 3. The normalized spacial score (nSPS) is 18.2. The van der Waals surface area contributed by atoms with E-state index in [1.165, 1.54) is 12.1 Å². The molecule has 0 bridgehead atoms. The summed E-state index contributed by atoms with van der Waals surface area (Å²) in [4.78, 5) is 6.36. The molecule has 3 rings (SSSR count). The summed E-state index contributed by atoms with van der Waals surface area (Å²) >= 11 is 0. The molecule has 1 atom stereocenters. The van der Waals surface area contributed by atoms with Crippen LogP contribution in [0, 0.1) is 5.92 Å². The molecule has 1 aliphatic heterocycles. The summed E-state index contributed by atoms with van der Waals surface area (Å²) in [7, 11) is 0. The van der Waals surface area contributed by atoms with Gasteiger partial charge in [-0.1, -0.05) is 0 Å². The fraction of sp³-hybridized carbons (Fsp3) is 0.312. The van der Waals surface area contributed by atoms with Gasteiger partial charge in [0.15, 0.2) is 0 Å². The first-order valence-corrected chi connectivity index (χ1v) is 7.08. The number of nitrogens with two attached hydrogens (primary N) is 1. The maximum atomic E-state index is 12.7. The molecule has 0 spiro atoms. The molecule has 3 nitrogen and oxygen atoms in total. The predicted molar refractivity (Wildman–Crippen MR) is 78.9 cm³/mol. The highest BCUT2D eigenvalue weighted by atomic mass is 19.4. The third-order valence-corrected chi connectivity index (χ3v) is 3.92. The molecule has 2 aromatic rings. The van der Waals surface area contributed by atoms with Crippen LogP contribution < -0.4 is 10.6 Å². The van der Waals surface area contributed by atoms with E-state index in [-0.39, 0.29) is 5.92 Å². The minimum Gasteiger partial charge on any atom is -0.340 e. The van der Waals surface area contributed by atoms with Crippen molar-refractivity contribution in [2.75, 3.05) is 18.0 Å². The number of anilines is 2. The van der Waals surface area contributed by atoms with Crippen molar-refractivity contribution in [3.8, 4) is 0 Å². The lowest BCUT2D eigenvalue weighted by Gasteiger charge is -2.35. The Balaban J connectivity index is 1.97. The summed E-state index contributed by atoms with van der Waals surface area (Å²) in [6.45, 7) is 1.20. The van der Waals surface area contributed by atoms with Crippen LogP contribution in [-0.2, 0) is 12.6 Å². The number of hydrogen-bond acceptors (Lipinski definition) is 3. The molecule has 2 N–H and O–H groups in total. The number of fused-ring (bicyclic) bond motifs is 1. The summed E-state index contributed by atoms with van der Waals surface area (Å²) in [6.07, 6.45) is -1.80. The zero-order valence-electron chi connectivity index (χ0n) is 11.8. The van der Waals surface area contributed by atoms with Crippen molar-refractivity contribution >= 4 is 11.4 Å². The summed E-state index contributed by atoms with van der Waals surface area (Å²) in [6, 6.07) is 8.98. The van der Waals surface area contributed by atoms with Crippen LogP contribution in [-0.4, -0.2) is 18.1 Å². The molecule has 22 heavy (non-hydrogen) atoms. The number of hydrogen-bond donors (Lipinski definition) is 1. The van der Waals surface area contributed by atoms with Gasteiger partial charge in [-0.25, -0.2) is 0 Å². The Hall–Kier alpha value is -2.08. The maximum Gasteiger partial charge on any atom is 0.416 e. The standard InChI is InChI=1S/C16H16F3N3/c17-16(18,19)12-3-5-13(6-4-12)22-10-11(9-20)8-14-15(22)2-1-7-21-14/h1-7,11H,8-10,20H2. The minimum atomic E-state index is -4.32. The second kappa shape index (κ2) is 5.61. The third kappa shape index (κ3) is 2.78. The third-order valence-electron chi connectivity index (χ3n) is 3.92. The lowest BCUT2D eigenvalue weighted by Crippen LogP contribution is -2.36. The van der Waals surface area contributed by atoms with E-state index in [1.54, 1.807) is 6.20 Å². The maximum absolute atomic E-state index is 12.7. The van der Waals surface area contributed by atoms with Gasteiger partial charge >= 0.3 is 6.18 Å². The first kappa shape index (κ1) is 14.8. The van der Waals surface area contributed by atoms with Gasteiger partial charge in [-0.2, -0.15) is 13.2 Å². The molecule has 116 valence electrons. The molecule has 0 aliphatic carbocycles. The Morgan fingerprint density at radius 2 is 1.91 bits per heavy atom. The van der Waals surface area contributed by atoms with Gasteiger partial charge in [0.05, 0.1) is 16.9 Å². The Bertz CT molecular complexity index is 652. The first-order chi connectivity index (χ1) is 10.5. The number of halogens is 3. The summed E-state index contributed by atoms with van der Waals surface area (Å²) < 4.78 is 38.0. The van der Waals surface area contributed by atoms with Crippen molar-refractivity contribution < 1.29 is 13.2 Å². The van der Waals surface area contributed by atoms with Gasteiger partial charge in [0.1, 0.15) is 0 Å². The van der Waals surface area contributed by atoms with Crippen LogP contribution in [0.2, 0.25) is 0 Å². The molecule has 1 unspecified atom stereocenters. The van der Waals surface area contributed by atoms with Gasteiger partial charge < -0.3 is 10.6 Å². The Morgan fingerprint density at radius 3 is 2.55 bits per heavy atom. The number of benzene rings is 1. The average Bonchev–Trinajstić information content (AvgIpc) is 2.53. The number of rotatable bonds is 2. The van der Waals surface area contributed by atoms with E-state index in [9.17, 15) is 13.2 Å². The van der Waals surface area contributed by atoms with Gasteiger partial charge in [-0.05, 0) is 55.3 Å². The fourth-order valence-corrected chi connectivity index (χ4v) is 2.76. The van der Waals surface area contributed by atoms with Crippen LogP contribution in [0.15, 0.2) is 42.6 Å². The van der Waals surface area contributed by atoms with Crippen LogP contribution in [0.25, 0.3) is 0 Å². The summed E-state index contributed by atoms with van der Waals surface area (Å²) in [5.74, 6) is 0.240. The van der Waals surface area contributed by atoms with Crippen LogP contribution in [0.5, 0.6) is 0 Å². The van der Waals surface area contributed by atoms with Gasteiger partial charge in [0, 0.05) is 18.4 Å². The van der Waals surface area contributed by atoms with Gasteiger partial charge in [0.2, 0.25) is 0 Å². The Labute approximate surface area is 126 Å². The fourth-order valence-electron chi connectivity index (χ4n) is 2.76. The Kier molecular flexibility index (Phi) is 3.78. The molecule has 0 saturated heterocycles. The highest BCUT2D eigenvalue weighted by Crippen LogP contribution is 2.36. The quantitative estimate of drug-likeness (QED) is 0.925. The van der Waals surface area contributed by atoms with E-state index in [4.69, 9.17) is 5.73 Å². The smallest absolute Gasteiger partial charge is 0.340 e. The van der Waals surface area contributed by atoms with E-state index in [0.717, 1.165) is 35.6 Å². The van der Waals surface area contributed by atoms with Crippen LogP contribution in [0.3, 0.4) is 0 Å². The molecule has 1 aromatic heterocycles. The van der Waals surface area contributed by atoms with Crippen molar-refractivity contribution in [3.63, 3.8) is 0 Å². The van der Waals surface area contributed by atoms with Gasteiger partial charge in [-0.15, -0.1) is 0 Å². The van der Waals surface area contributed by atoms with Crippen LogP contribution >= 0.6 is 0 Å². The molecule has 0 fully saturated rings. The second-order valence-corrected chi connectivity index (χ2v) is 5.43. The molecule has 6 heteroatoms. The monoisotopic (exact) mass is 307 g/mol. The van der Waals surface area contributed by atoms with Crippen molar-refractivity contribution in [1.82, 2.24) is 4.98 Å². The van der Waals surface area contributed by atoms with Gasteiger partial charge in [0.25, 0.3) is 0 Å². The molecular weight excluding hydrogens is 291 g/mol. The van der Waals surface area contributed by atoms with Crippen LogP contribution in [0.4, 0.5) is 24.5 Å². The SMILES string of the molecule is NCC1Cc2ncccc2N(c2ccc(C(F)(F)F)cc2)C1. The topological polar surface area (TPSA) is 42.1 Å². The van der Waals surface area contributed by atoms with Crippen LogP contribution in [0.1, 0.15) is 11.3 Å². The first-order valence-electron chi connectivity index (χ1n) is 7.08. The summed E-state index contributed by atoms with van der Waals surface area (Å²) in [5, 5.41) is 0. The molecule has 0 radical (unpaired) electrons. The molecule has 2 heterocycles. The number of aromatic nitrogens is 1. The zero-order valence-corrected chi connectivity index (χ0v) is 11.8. The van der Waals surface area contributed by atoms with Gasteiger partial charge in [-0.3, -0.25) is 4.98 Å². The van der Waals surface area contributed by atoms with Crippen molar-refractivity contribution in [3.05, 3.63) is 53.9 Å². The molecule has 1 aromatic carbocycles. The molecule has 0 saturated carbocycles. The number of nitrogens with zero attached hydrogens (tertiary/aromatic N) is 2. The molecular formula is C16H16F3N3. The Morgan fingerprint density at radius 1 is 1.18 bits per heavy atom. The minimum absolute atomic E-state index is 0.240.